The third-order valence-electron chi connectivity index (χ3n) is 3.85. The van der Waals surface area contributed by atoms with Gasteiger partial charge in [-0.05, 0) is 36.2 Å². The van der Waals surface area contributed by atoms with Gasteiger partial charge in [0.2, 0.25) is 0 Å². The van der Waals surface area contributed by atoms with Crippen LogP contribution in [0.15, 0.2) is 54.7 Å². The average molecular weight is 366 g/mol. The van der Waals surface area contributed by atoms with Crippen molar-refractivity contribution < 1.29 is 14.3 Å². The molecule has 0 fully saturated rings. The lowest BCUT2D eigenvalue weighted by atomic mass is 10.2. The summed E-state index contributed by atoms with van der Waals surface area (Å²) in [6.45, 7) is 3.02. The van der Waals surface area contributed by atoms with Crippen molar-refractivity contribution >= 4 is 5.91 Å². The molecule has 0 saturated heterocycles. The third-order valence-corrected chi connectivity index (χ3v) is 3.85. The zero-order valence-electron chi connectivity index (χ0n) is 15.4. The summed E-state index contributed by atoms with van der Waals surface area (Å²) in [5, 5.41) is 11.2. The Hall–Kier alpha value is -3.35. The zero-order valence-corrected chi connectivity index (χ0v) is 15.4. The Kier molecular flexibility index (Phi) is 6.04. The molecule has 0 unspecified atom stereocenters. The summed E-state index contributed by atoms with van der Waals surface area (Å²) < 4.78 is 11.0. The Labute approximate surface area is 157 Å². The molecule has 1 amide bonds. The van der Waals surface area contributed by atoms with Crippen LogP contribution in [0, 0.1) is 0 Å². The molecule has 0 spiro atoms. The monoisotopic (exact) mass is 366 g/mol. The van der Waals surface area contributed by atoms with E-state index in [1.54, 1.807) is 7.11 Å². The van der Waals surface area contributed by atoms with Crippen molar-refractivity contribution in [3.63, 3.8) is 0 Å². The molecule has 0 aliphatic rings. The Balaban J connectivity index is 1.63. The zero-order chi connectivity index (χ0) is 19.1. The summed E-state index contributed by atoms with van der Waals surface area (Å²) in [6, 6.07) is 15.0. The second-order valence-corrected chi connectivity index (χ2v) is 5.87. The van der Waals surface area contributed by atoms with Gasteiger partial charge in [0, 0.05) is 6.54 Å². The molecule has 1 aromatic heterocycles. The largest absolute Gasteiger partial charge is 0.493 e. The van der Waals surface area contributed by atoms with Crippen molar-refractivity contribution in [2.75, 3.05) is 13.7 Å². The second kappa shape index (κ2) is 8.84. The maximum absolute atomic E-state index is 12.3. The maximum Gasteiger partial charge on any atom is 0.273 e. The third kappa shape index (κ3) is 4.63. The van der Waals surface area contributed by atoms with Crippen molar-refractivity contribution in [1.82, 2.24) is 20.3 Å². The van der Waals surface area contributed by atoms with Crippen LogP contribution in [0.3, 0.4) is 0 Å². The summed E-state index contributed by atoms with van der Waals surface area (Å²) >= 11 is 0. The fourth-order valence-corrected chi connectivity index (χ4v) is 2.48. The first-order chi connectivity index (χ1) is 13.2. The number of nitrogens with zero attached hydrogens (tertiary/aromatic N) is 3. The Morgan fingerprint density at radius 2 is 1.96 bits per heavy atom. The van der Waals surface area contributed by atoms with Gasteiger partial charge in [0.05, 0.1) is 25.6 Å². The van der Waals surface area contributed by atoms with Crippen molar-refractivity contribution in [1.29, 1.82) is 0 Å². The van der Waals surface area contributed by atoms with Gasteiger partial charge in [0.15, 0.2) is 17.2 Å². The van der Waals surface area contributed by atoms with Crippen LogP contribution in [0.5, 0.6) is 11.5 Å². The number of para-hydroxylation sites is 1. The Bertz CT molecular complexity index is 893. The number of ether oxygens (including phenoxy) is 2. The fraction of sp³-hybridized carbons (Fsp3) is 0.250. The van der Waals surface area contributed by atoms with E-state index in [2.05, 4.69) is 15.5 Å². The van der Waals surface area contributed by atoms with Gasteiger partial charge < -0.3 is 14.8 Å². The molecule has 1 heterocycles. The minimum absolute atomic E-state index is 0.258. The lowest BCUT2D eigenvalue weighted by Gasteiger charge is -2.12. The minimum atomic E-state index is -0.289. The average Bonchev–Trinajstić information content (AvgIpc) is 3.21. The normalized spacial score (nSPS) is 10.4. The number of methoxy groups -OCH3 is 1. The van der Waals surface area contributed by atoms with E-state index in [9.17, 15) is 4.79 Å². The van der Waals surface area contributed by atoms with Gasteiger partial charge in [-0.3, -0.25) is 4.79 Å². The predicted octanol–water partition coefficient (Wildman–Crippen LogP) is 2.99. The molecule has 27 heavy (non-hydrogen) atoms. The molecule has 2 aromatic carbocycles. The van der Waals surface area contributed by atoms with Gasteiger partial charge in [-0.1, -0.05) is 31.2 Å². The molecule has 0 atom stereocenters. The molecule has 1 N–H and O–H groups in total. The highest BCUT2D eigenvalue weighted by Crippen LogP contribution is 2.28. The fourth-order valence-electron chi connectivity index (χ4n) is 2.48. The number of rotatable bonds is 8. The number of hydrogen-bond donors (Lipinski definition) is 1. The van der Waals surface area contributed by atoms with E-state index in [4.69, 9.17) is 9.47 Å². The van der Waals surface area contributed by atoms with Crippen LogP contribution in [-0.4, -0.2) is 34.6 Å². The first-order valence-corrected chi connectivity index (χ1v) is 8.77. The summed E-state index contributed by atoms with van der Waals surface area (Å²) in [7, 11) is 1.60. The first-order valence-electron chi connectivity index (χ1n) is 8.77. The molecule has 0 aliphatic carbocycles. The van der Waals surface area contributed by atoms with Gasteiger partial charge in [0.1, 0.15) is 0 Å². The topological polar surface area (TPSA) is 78.3 Å². The van der Waals surface area contributed by atoms with E-state index < -0.39 is 0 Å². The highest BCUT2D eigenvalue weighted by molar-refractivity contribution is 5.91. The maximum atomic E-state index is 12.3. The summed E-state index contributed by atoms with van der Waals surface area (Å²) in [5.41, 5.74) is 1.96. The van der Waals surface area contributed by atoms with E-state index in [-0.39, 0.29) is 11.6 Å². The molecular weight excluding hydrogens is 344 g/mol. The lowest BCUT2D eigenvalue weighted by molar-refractivity contribution is 0.0945. The van der Waals surface area contributed by atoms with Crippen LogP contribution in [0.4, 0.5) is 0 Å². The summed E-state index contributed by atoms with van der Waals surface area (Å²) in [5.74, 6) is 1.05. The van der Waals surface area contributed by atoms with Crippen molar-refractivity contribution in [3.05, 3.63) is 66.0 Å². The standard InChI is InChI=1S/C20H22N4O3/c1-3-11-27-18-10-9-15(12-19(18)26-2)13-21-20(25)17-14-22-24(23-17)16-7-5-4-6-8-16/h4-10,12,14H,3,11,13H2,1-2H3,(H,21,25). The summed E-state index contributed by atoms with van der Waals surface area (Å²) in [6.07, 6.45) is 2.37. The number of nitrogens with one attached hydrogen (secondary N) is 1. The number of carbonyl (C=O) groups is 1. The van der Waals surface area contributed by atoms with Crippen molar-refractivity contribution in [2.24, 2.45) is 0 Å². The van der Waals surface area contributed by atoms with Crippen LogP contribution >= 0.6 is 0 Å². The Morgan fingerprint density at radius 1 is 1.15 bits per heavy atom. The molecule has 0 saturated carbocycles. The van der Waals surface area contributed by atoms with Gasteiger partial charge >= 0.3 is 0 Å². The van der Waals surface area contributed by atoms with E-state index in [0.717, 1.165) is 17.7 Å². The number of hydrogen-bond acceptors (Lipinski definition) is 5. The smallest absolute Gasteiger partial charge is 0.273 e. The molecule has 7 heteroatoms. The highest BCUT2D eigenvalue weighted by atomic mass is 16.5. The van der Waals surface area contributed by atoms with E-state index in [0.29, 0.717) is 24.7 Å². The minimum Gasteiger partial charge on any atom is -0.493 e. The van der Waals surface area contributed by atoms with Crippen molar-refractivity contribution in [3.8, 4) is 17.2 Å². The van der Waals surface area contributed by atoms with Gasteiger partial charge in [0.25, 0.3) is 5.91 Å². The number of amides is 1. The molecule has 0 radical (unpaired) electrons. The predicted molar refractivity (Wildman–Crippen MR) is 101 cm³/mol. The van der Waals surface area contributed by atoms with Crippen LogP contribution in [0.25, 0.3) is 5.69 Å². The molecule has 140 valence electrons. The molecule has 0 bridgehead atoms. The van der Waals surface area contributed by atoms with Gasteiger partial charge in [-0.15, -0.1) is 5.10 Å². The number of aromatic nitrogens is 3. The quantitative estimate of drug-likeness (QED) is 0.663. The number of carbonyl (C=O) groups excluding carboxylic acids is 1. The first kappa shape index (κ1) is 18.4. The molecule has 3 aromatic rings. The van der Waals surface area contributed by atoms with Crippen LogP contribution in [-0.2, 0) is 6.54 Å². The van der Waals surface area contributed by atoms with Crippen molar-refractivity contribution in [2.45, 2.75) is 19.9 Å². The van der Waals surface area contributed by atoms with Gasteiger partial charge in [-0.2, -0.15) is 9.90 Å². The molecule has 0 aliphatic heterocycles. The van der Waals surface area contributed by atoms with Gasteiger partial charge in [-0.25, -0.2) is 0 Å². The number of benzene rings is 2. The molecular formula is C20H22N4O3. The summed E-state index contributed by atoms with van der Waals surface area (Å²) in [4.78, 5) is 13.8. The van der Waals surface area contributed by atoms with E-state index in [1.165, 1.54) is 11.0 Å². The highest BCUT2D eigenvalue weighted by Gasteiger charge is 2.12. The lowest BCUT2D eigenvalue weighted by Crippen LogP contribution is -2.23. The van der Waals surface area contributed by atoms with E-state index >= 15 is 0 Å². The second-order valence-electron chi connectivity index (χ2n) is 5.87. The van der Waals surface area contributed by atoms with Crippen LogP contribution in [0.1, 0.15) is 29.4 Å². The van der Waals surface area contributed by atoms with Crippen LogP contribution in [0.2, 0.25) is 0 Å². The SMILES string of the molecule is CCCOc1ccc(CNC(=O)c2cnn(-c3ccccc3)n2)cc1OC. The Morgan fingerprint density at radius 3 is 2.70 bits per heavy atom. The van der Waals surface area contributed by atoms with Crippen LogP contribution < -0.4 is 14.8 Å². The molecule has 7 nitrogen and oxygen atoms in total. The van der Waals surface area contributed by atoms with E-state index in [1.807, 2.05) is 55.5 Å². The molecule has 3 rings (SSSR count).